The van der Waals surface area contributed by atoms with Crippen LogP contribution >= 0.6 is 0 Å². The third kappa shape index (κ3) is 3.07. The zero-order valence-corrected chi connectivity index (χ0v) is 16.1. The van der Waals surface area contributed by atoms with Gasteiger partial charge in [0.1, 0.15) is 11.5 Å². The second-order valence-electron chi connectivity index (χ2n) is 7.07. The Morgan fingerprint density at radius 3 is 2.46 bits per heavy atom. The zero-order chi connectivity index (χ0) is 19.7. The maximum Gasteiger partial charge on any atom is 0.232 e. The number of carbonyl (C=O) groups is 2. The molecule has 1 heterocycles. The Morgan fingerprint density at radius 1 is 0.964 bits per heavy atom. The molecule has 1 amide bonds. The SMILES string of the molecule is COc1ccc(C2CC(=O)N(c3ccccc3)C3=C2C(=O)CCC3)c(OC)c1. The van der Waals surface area contributed by atoms with Crippen molar-refractivity contribution in [3.63, 3.8) is 0 Å². The number of Topliss-reactive ketones (excluding diaryl/α,β-unsaturated/α-hetero) is 1. The molecular weight excluding hydrogens is 354 g/mol. The minimum absolute atomic E-state index is 0.00233. The van der Waals surface area contributed by atoms with Gasteiger partial charge in [0.15, 0.2) is 5.78 Å². The van der Waals surface area contributed by atoms with Gasteiger partial charge in [0.2, 0.25) is 5.91 Å². The first-order valence-corrected chi connectivity index (χ1v) is 9.50. The van der Waals surface area contributed by atoms with Crippen LogP contribution in [0, 0.1) is 0 Å². The summed E-state index contributed by atoms with van der Waals surface area (Å²) in [5, 5.41) is 0. The van der Waals surface area contributed by atoms with Crippen LogP contribution in [0.25, 0.3) is 0 Å². The number of benzene rings is 2. The number of amides is 1. The van der Waals surface area contributed by atoms with Crippen LogP contribution in [0.5, 0.6) is 11.5 Å². The molecule has 0 spiro atoms. The molecule has 1 aliphatic carbocycles. The fraction of sp³-hybridized carbons (Fsp3) is 0.304. The van der Waals surface area contributed by atoms with Crippen molar-refractivity contribution in [2.45, 2.75) is 31.6 Å². The molecular formula is C23H23NO4. The van der Waals surface area contributed by atoms with Crippen LogP contribution in [-0.2, 0) is 9.59 Å². The standard InChI is InChI=1S/C23H23NO4/c1-27-16-11-12-17(21(13-16)28-2)18-14-22(26)24(15-7-4-3-5-8-15)19-9-6-10-20(25)23(18)19/h3-5,7-8,11-13,18H,6,9-10,14H2,1-2H3. The third-order valence-corrected chi connectivity index (χ3v) is 5.51. The third-order valence-electron chi connectivity index (χ3n) is 5.51. The minimum atomic E-state index is -0.295. The number of para-hydroxylation sites is 1. The first-order valence-electron chi connectivity index (χ1n) is 9.50. The number of ketones is 1. The van der Waals surface area contributed by atoms with E-state index in [1.165, 1.54) is 0 Å². The molecule has 0 saturated heterocycles. The van der Waals surface area contributed by atoms with Gasteiger partial charge in [0.05, 0.1) is 14.2 Å². The lowest BCUT2D eigenvalue weighted by Crippen LogP contribution is -2.40. The Hall–Kier alpha value is -3.08. The maximum absolute atomic E-state index is 13.2. The lowest BCUT2D eigenvalue weighted by Gasteiger charge is -2.38. The summed E-state index contributed by atoms with van der Waals surface area (Å²) < 4.78 is 10.9. The number of allylic oxidation sites excluding steroid dienone is 2. The number of methoxy groups -OCH3 is 2. The molecule has 144 valence electrons. The van der Waals surface area contributed by atoms with Gasteiger partial charge in [-0.15, -0.1) is 0 Å². The first-order chi connectivity index (χ1) is 13.6. The van der Waals surface area contributed by atoms with E-state index in [2.05, 4.69) is 0 Å². The number of hydrogen-bond acceptors (Lipinski definition) is 4. The molecule has 1 atom stereocenters. The summed E-state index contributed by atoms with van der Waals surface area (Å²) in [5.41, 5.74) is 3.25. The van der Waals surface area contributed by atoms with Crippen LogP contribution in [0.4, 0.5) is 5.69 Å². The summed E-state index contributed by atoms with van der Waals surface area (Å²) in [6.07, 6.45) is 2.24. The van der Waals surface area contributed by atoms with E-state index in [4.69, 9.17) is 9.47 Å². The molecule has 4 rings (SSSR count). The van der Waals surface area contributed by atoms with Crippen molar-refractivity contribution in [1.29, 1.82) is 0 Å². The van der Waals surface area contributed by atoms with Crippen molar-refractivity contribution in [2.24, 2.45) is 0 Å². The number of nitrogens with zero attached hydrogens (tertiary/aromatic N) is 1. The highest BCUT2D eigenvalue weighted by Crippen LogP contribution is 2.46. The summed E-state index contributed by atoms with van der Waals surface area (Å²) >= 11 is 0. The van der Waals surface area contributed by atoms with E-state index < -0.39 is 0 Å². The van der Waals surface area contributed by atoms with Gasteiger partial charge in [0, 0.05) is 47.3 Å². The van der Waals surface area contributed by atoms with E-state index in [9.17, 15) is 9.59 Å². The molecule has 5 nitrogen and oxygen atoms in total. The summed E-state index contributed by atoms with van der Waals surface area (Å²) in [4.78, 5) is 27.9. The monoisotopic (exact) mass is 377 g/mol. The van der Waals surface area contributed by atoms with Crippen molar-refractivity contribution in [2.75, 3.05) is 19.1 Å². The van der Waals surface area contributed by atoms with Crippen molar-refractivity contribution in [3.05, 3.63) is 65.4 Å². The average Bonchev–Trinajstić information content (AvgIpc) is 2.73. The summed E-state index contributed by atoms with van der Waals surface area (Å²) in [6, 6.07) is 15.1. The Balaban J connectivity index is 1.86. The van der Waals surface area contributed by atoms with Gasteiger partial charge < -0.3 is 9.47 Å². The molecule has 28 heavy (non-hydrogen) atoms. The minimum Gasteiger partial charge on any atom is -0.497 e. The predicted molar refractivity (Wildman–Crippen MR) is 107 cm³/mol. The van der Waals surface area contributed by atoms with E-state index in [-0.39, 0.29) is 24.0 Å². The Kier molecular flexibility index (Phi) is 4.90. The van der Waals surface area contributed by atoms with Gasteiger partial charge in [0.25, 0.3) is 0 Å². The molecule has 5 heteroatoms. The van der Waals surface area contributed by atoms with Gasteiger partial charge in [-0.1, -0.05) is 24.3 Å². The summed E-state index contributed by atoms with van der Waals surface area (Å²) in [5.74, 6) is 1.14. The zero-order valence-electron chi connectivity index (χ0n) is 16.1. The topological polar surface area (TPSA) is 55.8 Å². The Morgan fingerprint density at radius 2 is 1.75 bits per heavy atom. The van der Waals surface area contributed by atoms with Crippen molar-refractivity contribution in [1.82, 2.24) is 0 Å². The number of rotatable bonds is 4. The van der Waals surface area contributed by atoms with Gasteiger partial charge in [-0.2, -0.15) is 0 Å². The Bertz CT molecular complexity index is 948. The van der Waals surface area contributed by atoms with Crippen molar-refractivity contribution in [3.8, 4) is 11.5 Å². The van der Waals surface area contributed by atoms with Gasteiger partial charge in [-0.05, 0) is 31.0 Å². The fourth-order valence-electron chi connectivity index (χ4n) is 4.24. The molecule has 2 aliphatic rings. The molecule has 0 radical (unpaired) electrons. The highest BCUT2D eigenvalue weighted by molar-refractivity contribution is 6.07. The van der Waals surface area contributed by atoms with E-state index >= 15 is 0 Å². The predicted octanol–water partition coefficient (Wildman–Crippen LogP) is 4.23. The molecule has 0 bridgehead atoms. The molecule has 1 unspecified atom stereocenters. The summed E-state index contributed by atoms with van der Waals surface area (Å²) in [6.45, 7) is 0. The Labute approximate surface area is 164 Å². The van der Waals surface area contributed by atoms with Gasteiger partial charge in [-0.25, -0.2) is 0 Å². The van der Waals surface area contributed by atoms with E-state index in [0.717, 1.165) is 35.4 Å². The van der Waals surface area contributed by atoms with E-state index in [0.29, 0.717) is 17.9 Å². The highest BCUT2D eigenvalue weighted by Gasteiger charge is 2.40. The number of carbonyl (C=O) groups excluding carboxylic acids is 2. The molecule has 1 aliphatic heterocycles. The van der Waals surface area contributed by atoms with Crippen LogP contribution in [0.15, 0.2) is 59.8 Å². The quantitative estimate of drug-likeness (QED) is 0.800. The molecule has 2 aromatic carbocycles. The van der Waals surface area contributed by atoms with Crippen LogP contribution < -0.4 is 14.4 Å². The highest BCUT2D eigenvalue weighted by atomic mass is 16.5. The smallest absolute Gasteiger partial charge is 0.232 e. The van der Waals surface area contributed by atoms with Crippen LogP contribution in [-0.4, -0.2) is 25.9 Å². The van der Waals surface area contributed by atoms with Gasteiger partial charge >= 0.3 is 0 Å². The van der Waals surface area contributed by atoms with Crippen molar-refractivity contribution < 1.29 is 19.1 Å². The molecule has 0 aromatic heterocycles. The number of ether oxygens (including phenoxy) is 2. The number of anilines is 1. The van der Waals surface area contributed by atoms with E-state index in [1.807, 2.05) is 42.5 Å². The van der Waals surface area contributed by atoms with Crippen molar-refractivity contribution >= 4 is 17.4 Å². The molecule has 0 fully saturated rings. The van der Waals surface area contributed by atoms with E-state index in [1.54, 1.807) is 25.2 Å². The second-order valence-corrected chi connectivity index (χ2v) is 7.07. The largest absolute Gasteiger partial charge is 0.497 e. The maximum atomic E-state index is 13.2. The second kappa shape index (κ2) is 7.50. The van der Waals surface area contributed by atoms with Crippen LogP contribution in [0.3, 0.4) is 0 Å². The molecule has 0 saturated carbocycles. The molecule has 2 aromatic rings. The summed E-state index contributed by atoms with van der Waals surface area (Å²) in [7, 11) is 3.19. The van der Waals surface area contributed by atoms with Crippen LogP contribution in [0.1, 0.15) is 37.2 Å². The molecule has 0 N–H and O–H groups in total. The number of hydrogen-bond donors (Lipinski definition) is 0. The fourth-order valence-corrected chi connectivity index (χ4v) is 4.24. The average molecular weight is 377 g/mol. The lowest BCUT2D eigenvalue weighted by atomic mass is 9.77. The van der Waals surface area contributed by atoms with Crippen LogP contribution in [0.2, 0.25) is 0 Å². The normalized spacial score (nSPS) is 19.5. The first kappa shape index (κ1) is 18.3. The van der Waals surface area contributed by atoms with Gasteiger partial charge in [-0.3, -0.25) is 14.5 Å². The lowest BCUT2D eigenvalue weighted by molar-refractivity contribution is -0.119.